The number of ketones is 1. The summed E-state index contributed by atoms with van der Waals surface area (Å²) in [6, 6.07) is 16.2. The Morgan fingerprint density at radius 3 is 2.25 bits per heavy atom. The topological polar surface area (TPSA) is 58.6 Å². The lowest BCUT2D eigenvalue weighted by Gasteiger charge is -2.38. The number of carbonyl (C=O) groups is 2. The summed E-state index contributed by atoms with van der Waals surface area (Å²) in [4.78, 5) is 26.8. The van der Waals surface area contributed by atoms with E-state index in [1.165, 1.54) is 6.42 Å². The summed E-state index contributed by atoms with van der Waals surface area (Å²) in [5.41, 5.74) is 1.67. The molecule has 28 heavy (non-hydrogen) atoms. The SMILES string of the molecule is O=C(c1ccccc1)c1ccc(OCC(=O)N2CCC3(CCNC3)CC2)cc1. The van der Waals surface area contributed by atoms with Crippen molar-refractivity contribution in [1.29, 1.82) is 0 Å². The second kappa shape index (κ2) is 8.15. The Balaban J connectivity index is 1.28. The van der Waals surface area contributed by atoms with Gasteiger partial charge in [-0.1, -0.05) is 30.3 Å². The van der Waals surface area contributed by atoms with Crippen LogP contribution in [0, 0.1) is 5.41 Å². The van der Waals surface area contributed by atoms with E-state index in [-0.39, 0.29) is 18.3 Å². The van der Waals surface area contributed by atoms with E-state index >= 15 is 0 Å². The molecule has 2 aromatic rings. The maximum Gasteiger partial charge on any atom is 0.260 e. The lowest BCUT2D eigenvalue weighted by atomic mass is 9.78. The van der Waals surface area contributed by atoms with Gasteiger partial charge in [-0.25, -0.2) is 0 Å². The van der Waals surface area contributed by atoms with E-state index in [9.17, 15) is 9.59 Å². The molecule has 146 valence electrons. The molecule has 0 aliphatic carbocycles. The van der Waals surface area contributed by atoms with Gasteiger partial charge in [-0.3, -0.25) is 9.59 Å². The maximum atomic E-state index is 12.5. The first-order valence-electron chi connectivity index (χ1n) is 9.96. The molecule has 2 aliphatic heterocycles. The van der Waals surface area contributed by atoms with Crippen LogP contribution in [0.2, 0.25) is 0 Å². The van der Waals surface area contributed by atoms with E-state index in [4.69, 9.17) is 4.74 Å². The summed E-state index contributed by atoms with van der Waals surface area (Å²) >= 11 is 0. The minimum atomic E-state index is -0.0214. The number of nitrogens with one attached hydrogen (secondary N) is 1. The Morgan fingerprint density at radius 1 is 0.929 bits per heavy atom. The highest BCUT2D eigenvalue weighted by Gasteiger charge is 2.38. The predicted octanol–water partition coefficient (Wildman–Crippen LogP) is 2.90. The number of benzene rings is 2. The zero-order chi connectivity index (χ0) is 19.4. The fourth-order valence-corrected chi connectivity index (χ4v) is 4.15. The Morgan fingerprint density at radius 2 is 1.61 bits per heavy atom. The zero-order valence-corrected chi connectivity index (χ0v) is 16.0. The molecule has 0 bridgehead atoms. The third-order valence-corrected chi connectivity index (χ3v) is 6.02. The van der Waals surface area contributed by atoms with Crippen molar-refractivity contribution in [2.75, 3.05) is 32.8 Å². The molecule has 0 radical (unpaired) electrons. The normalized spacial score (nSPS) is 18.2. The molecule has 4 rings (SSSR count). The number of hydrogen-bond acceptors (Lipinski definition) is 4. The minimum absolute atomic E-state index is 0.0214. The standard InChI is InChI=1S/C23H26N2O3/c26-21(25-14-11-23(12-15-25)10-13-24-17-23)16-28-20-8-6-19(7-9-20)22(27)18-4-2-1-3-5-18/h1-9,24H,10-17H2. The van der Waals surface area contributed by atoms with Crippen LogP contribution in [0.5, 0.6) is 5.75 Å². The average molecular weight is 378 g/mol. The van der Waals surface area contributed by atoms with Gasteiger partial charge in [0, 0.05) is 30.8 Å². The molecule has 2 aliphatic rings. The number of amides is 1. The summed E-state index contributed by atoms with van der Waals surface area (Å²) in [6.45, 7) is 3.85. The van der Waals surface area contributed by atoms with Crippen LogP contribution in [0.15, 0.2) is 54.6 Å². The van der Waals surface area contributed by atoms with Gasteiger partial charge in [-0.2, -0.15) is 0 Å². The Kier molecular flexibility index (Phi) is 5.44. The van der Waals surface area contributed by atoms with E-state index in [1.54, 1.807) is 36.4 Å². The van der Waals surface area contributed by atoms with Gasteiger partial charge < -0.3 is 15.0 Å². The second-order valence-electron chi connectivity index (χ2n) is 7.82. The fraction of sp³-hybridized carbons (Fsp3) is 0.391. The van der Waals surface area contributed by atoms with Crippen molar-refractivity contribution in [3.05, 3.63) is 65.7 Å². The molecule has 5 heteroatoms. The van der Waals surface area contributed by atoms with Crippen molar-refractivity contribution >= 4 is 11.7 Å². The van der Waals surface area contributed by atoms with Crippen molar-refractivity contribution in [3.63, 3.8) is 0 Å². The molecule has 2 fully saturated rings. The quantitative estimate of drug-likeness (QED) is 0.813. The smallest absolute Gasteiger partial charge is 0.260 e. The summed E-state index contributed by atoms with van der Waals surface area (Å²) in [5, 5.41) is 3.44. The van der Waals surface area contributed by atoms with E-state index in [1.807, 2.05) is 23.1 Å². The molecular formula is C23H26N2O3. The van der Waals surface area contributed by atoms with Crippen LogP contribution < -0.4 is 10.1 Å². The zero-order valence-electron chi connectivity index (χ0n) is 16.0. The average Bonchev–Trinajstić information content (AvgIpc) is 3.21. The first kappa shape index (κ1) is 18.7. The molecule has 1 amide bonds. The third-order valence-electron chi connectivity index (χ3n) is 6.02. The van der Waals surface area contributed by atoms with E-state index in [0.29, 0.717) is 22.3 Å². The van der Waals surface area contributed by atoms with Crippen LogP contribution in [-0.4, -0.2) is 49.4 Å². The largest absolute Gasteiger partial charge is 0.484 e. The van der Waals surface area contributed by atoms with Gasteiger partial charge in [0.1, 0.15) is 5.75 Å². The van der Waals surface area contributed by atoms with E-state index in [2.05, 4.69) is 5.32 Å². The van der Waals surface area contributed by atoms with E-state index in [0.717, 1.165) is 39.0 Å². The van der Waals surface area contributed by atoms with Crippen LogP contribution in [0.3, 0.4) is 0 Å². The van der Waals surface area contributed by atoms with Gasteiger partial charge in [-0.15, -0.1) is 0 Å². The molecular weight excluding hydrogens is 352 g/mol. The van der Waals surface area contributed by atoms with Gasteiger partial charge in [0.15, 0.2) is 12.4 Å². The summed E-state index contributed by atoms with van der Waals surface area (Å²) in [5.74, 6) is 0.614. The monoisotopic (exact) mass is 378 g/mol. The molecule has 5 nitrogen and oxygen atoms in total. The first-order valence-corrected chi connectivity index (χ1v) is 9.96. The highest BCUT2D eigenvalue weighted by atomic mass is 16.5. The lowest BCUT2D eigenvalue weighted by Crippen LogP contribution is -2.45. The number of piperidine rings is 1. The van der Waals surface area contributed by atoms with Crippen molar-refractivity contribution < 1.29 is 14.3 Å². The van der Waals surface area contributed by atoms with Gasteiger partial charge in [0.2, 0.25) is 0 Å². The van der Waals surface area contributed by atoms with Crippen LogP contribution in [0.1, 0.15) is 35.2 Å². The minimum Gasteiger partial charge on any atom is -0.484 e. The van der Waals surface area contributed by atoms with Gasteiger partial charge in [-0.05, 0) is 55.5 Å². The fourth-order valence-electron chi connectivity index (χ4n) is 4.15. The molecule has 0 atom stereocenters. The van der Waals surface area contributed by atoms with Crippen molar-refractivity contribution in [2.24, 2.45) is 5.41 Å². The predicted molar refractivity (Wildman–Crippen MR) is 108 cm³/mol. The lowest BCUT2D eigenvalue weighted by molar-refractivity contribution is -0.135. The maximum absolute atomic E-state index is 12.5. The van der Waals surface area contributed by atoms with Crippen LogP contribution in [-0.2, 0) is 4.79 Å². The molecule has 1 N–H and O–H groups in total. The number of hydrogen-bond donors (Lipinski definition) is 1. The molecule has 1 spiro atoms. The summed E-state index contributed by atoms with van der Waals surface area (Å²) < 4.78 is 5.66. The van der Waals surface area contributed by atoms with Crippen LogP contribution in [0.25, 0.3) is 0 Å². The highest BCUT2D eigenvalue weighted by molar-refractivity contribution is 6.08. The molecule has 0 saturated carbocycles. The van der Waals surface area contributed by atoms with Crippen molar-refractivity contribution in [3.8, 4) is 5.75 Å². The first-order chi connectivity index (χ1) is 13.7. The molecule has 0 unspecified atom stereocenters. The molecule has 2 heterocycles. The van der Waals surface area contributed by atoms with Crippen molar-refractivity contribution in [1.82, 2.24) is 10.2 Å². The van der Waals surface area contributed by atoms with Gasteiger partial charge in [0.05, 0.1) is 0 Å². The number of likely N-dealkylation sites (tertiary alicyclic amines) is 1. The molecule has 0 aromatic heterocycles. The molecule has 2 saturated heterocycles. The van der Waals surface area contributed by atoms with Crippen LogP contribution >= 0.6 is 0 Å². The number of carbonyl (C=O) groups excluding carboxylic acids is 2. The summed E-state index contributed by atoms with van der Waals surface area (Å²) in [6.07, 6.45) is 3.36. The van der Waals surface area contributed by atoms with Crippen LogP contribution in [0.4, 0.5) is 0 Å². The number of nitrogens with zero attached hydrogens (tertiary/aromatic N) is 1. The Hall–Kier alpha value is -2.66. The van der Waals surface area contributed by atoms with Crippen molar-refractivity contribution in [2.45, 2.75) is 19.3 Å². The summed E-state index contributed by atoms with van der Waals surface area (Å²) in [7, 11) is 0. The number of rotatable bonds is 5. The van der Waals surface area contributed by atoms with Gasteiger partial charge >= 0.3 is 0 Å². The molecule has 2 aromatic carbocycles. The van der Waals surface area contributed by atoms with E-state index < -0.39 is 0 Å². The Bertz CT molecular complexity index is 817. The Labute approximate surface area is 165 Å². The number of ether oxygens (including phenoxy) is 1. The highest BCUT2D eigenvalue weighted by Crippen LogP contribution is 2.36. The third kappa shape index (κ3) is 4.09. The second-order valence-corrected chi connectivity index (χ2v) is 7.82. The van der Waals surface area contributed by atoms with Gasteiger partial charge in [0.25, 0.3) is 5.91 Å².